The Kier molecular flexibility index (Phi) is 5.70. The van der Waals surface area contributed by atoms with Crippen LogP contribution in [-0.4, -0.2) is 44.1 Å². The number of hydrazine groups is 1. The summed E-state index contributed by atoms with van der Waals surface area (Å²) < 4.78 is 6.55. The van der Waals surface area contributed by atoms with E-state index >= 15 is 0 Å². The van der Waals surface area contributed by atoms with Crippen LogP contribution < -0.4 is 10.9 Å². The number of carbonyl (C=O) groups excluding carboxylic acids is 3. The second kappa shape index (κ2) is 8.54. The smallest absolute Gasteiger partial charge is 0.338 e. The Hall–Kier alpha value is -4.08. The predicted octanol–water partition coefficient (Wildman–Crippen LogP) is 0.669. The van der Waals surface area contributed by atoms with E-state index in [1.54, 1.807) is 42.5 Å². The third-order valence-corrected chi connectivity index (χ3v) is 3.70. The van der Waals surface area contributed by atoms with Gasteiger partial charge in [0.15, 0.2) is 6.10 Å². The molecule has 28 heavy (non-hydrogen) atoms. The lowest BCUT2D eigenvalue weighted by Crippen LogP contribution is -2.46. The third-order valence-electron chi connectivity index (χ3n) is 3.70. The number of amides is 2. The first-order chi connectivity index (χ1) is 13.5. The number of nitrogens with zero attached hydrogens (tertiary/aromatic N) is 4. The molecule has 1 atom stereocenters. The van der Waals surface area contributed by atoms with Crippen molar-refractivity contribution in [2.45, 2.75) is 13.0 Å². The summed E-state index contributed by atoms with van der Waals surface area (Å²) in [6, 6.07) is 14.7. The van der Waals surface area contributed by atoms with Gasteiger partial charge in [0.25, 0.3) is 11.8 Å². The molecule has 3 rings (SSSR count). The Morgan fingerprint density at radius 2 is 1.68 bits per heavy atom. The molecule has 2 aromatic carbocycles. The highest BCUT2D eigenvalue weighted by atomic mass is 16.5. The lowest BCUT2D eigenvalue weighted by molar-refractivity contribution is -0.129. The van der Waals surface area contributed by atoms with Crippen molar-refractivity contribution in [3.63, 3.8) is 0 Å². The van der Waals surface area contributed by atoms with Crippen LogP contribution in [0.25, 0.3) is 5.69 Å². The monoisotopic (exact) mass is 380 g/mol. The minimum atomic E-state index is -1.11. The molecule has 0 aliphatic heterocycles. The molecule has 2 amide bonds. The van der Waals surface area contributed by atoms with E-state index in [1.165, 1.54) is 30.1 Å². The van der Waals surface area contributed by atoms with Crippen LogP contribution in [0.3, 0.4) is 0 Å². The summed E-state index contributed by atoms with van der Waals surface area (Å²) in [5.41, 5.74) is 5.79. The van der Waals surface area contributed by atoms with Gasteiger partial charge in [-0.05, 0) is 53.7 Å². The van der Waals surface area contributed by atoms with Gasteiger partial charge >= 0.3 is 5.97 Å². The molecule has 1 aromatic heterocycles. The van der Waals surface area contributed by atoms with Crippen LogP contribution in [0.1, 0.15) is 27.6 Å². The molecular formula is C18H16N6O4. The molecule has 0 radical (unpaired) electrons. The van der Waals surface area contributed by atoms with Crippen LogP contribution >= 0.6 is 0 Å². The van der Waals surface area contributed by atoms with E-state index in [9.17, 15) is 14.4 Å². The van der Waals surface area contributed by atoms with Crippen molar-refractivity contribution in [1.29, 1.82) is 0 Å². The maximum absolute atomic E-state index is 12.2. The van der Waals surface area contributed by atoms with Crippen LogP contribution in [0.4, 0.5) is 0 Å². The quantitative estimate of drug-likeness (QED) is 0.492. The fourth-order valence-electron chi connectivity index (χ4n) is 2.19. The molecule has 142 valence electrons. The molecule has 1 heterocycles. The SMILES string of the molecule is C[C@H](OC(=O)c1ccc(-n2cnnn2)cc1)C(=O)NNC(=O)c1ccccc1. The van der Waals surface area contributed by atoms with Gasteiger partial charge in [-0.2, -0.15) is 0 Å². The average Bonchev–Trinajstić information content (AvgIpc) is 3.27. The van der Waals surface area contributed by atoms with Gasteiger partial charge in [-0.3, -0.25) is 20.4 Å². The highest BCUT2D eigenvalue weighted by Gasteiger charge is 2.19. The van der Waals surface area contributed by atoms with Crippen molar-refractivity contribution in [3.05, 3.63) is 72.1 Å². The van der Waals surface area contributed by atoms with Crippen LogP contribution in [-0.2, 0) is 9.53 Å². The van der Waals surface area contributed by atoms with Gasteiger partial charge in [-0.15, -0.1) is 5.10 Å². The number of carbonyl (C=O) groups is 3. The number of hydrogen-bond donors (Lipinski definition) is 2. The molecule has 0 saturated carbocycles. The van der Waals surface area contributed by atoms with Gasteiger partial charge in [-0.1, -0.05) is 18.2 Å². The Labute approximate surface area is 159 Å². The molecule has 0 fully saturated rings. The van der Waals surface area contributed by atoms with Crippen molar-refractivity contribution in [3.8, 4) is 5.69 Å². The molecule has 10 nitrogen and oxygen atoms in total. The van der Waals surface area contributed by atoms with E-state index in [4.69, 9.17) is 4.74 Å². The Bertz CT molecular complexity index is 958. The molecule has 0 bridgehead atoms. The van der Waals surface area contributed by atoms with Gasteiger partial charge in [0, 0.05) is 5.56 Å². The molecule has 2 N–H and O–H groups in total. The topological polar surface area (TPSA) is 128 Å². The highest BCUT2D eigenvalue weighted by molar-refractivity contribution is 5.96. The van der Waals surface area contributed by atoms with E-state index in [-0.39, 0.29) is 5.56 Å². The first-order valence-electron chi connectivity index (χ1n) is 8.24. The van der Waals surface area contributed by atoms with Gasteiger partial charge in [0.05, 0.1) is 11.3 Å². The van der Waals surface area contributed by atoms with Gasteiger partial charge < -0.3 is 4.74 Å². The summed E-state index contributed by atoms with van der Waals surface area (Å²) in [6.45, 7) is 1.40. The van der Waals surface area contributed by atoms with Crippen LogP contribution in [0, 0.1) is 0 Å². The highest BCUT2D eigenvalue weighted by Crippen LogP contribution is 2.10. The van der Waals surface area contributed by atoms with Crippen LogP contribution in [0.5, 0.6) is 0 Å². The van der Waals surface area contributed by atoms with Crippen LogP contribution in [0.2, 0.25) is 0 Å². The predicted molar refractivity (Wildman–Crippen MR) is 96.1 cm³/mol. The summed E-state index contributed by atoms with van der Waals surface area (Å²) in [7, 11) is 0. The van der Waals surface area contributed by atoms with E-state index in [0.717, 1.165) is 0 Å². The van der Waals surface area contributed by atoms with Gasteiger partial charge in [-0.25, -0.2) is 9.48 Å². The molecule has 0 saturated heterocycles. The largest absolute Gasteiger partial charge is 0.449 e. The minimum absolute atomic E-state index is 0.254. The number of rotatable bonds is 5. The maximum atomic E-state index is 12.2. The minimum Gasteiger partial charge on any atom is -0.449 e. The first-order valence-corrected chi connectivity index (χ1v) is 8.24. The summed E-state index contributed by atoms with van der Waals surface area (Å²) in [5.74, 6) is -1.83. The molecule has 10 heteroatoms. The van der Waals surface area contributed by atoms with E-state index in [2.05, 4.69) is 26.4 Å². The maximum Gasteiger partial charge on any atom is 0.338 e. The zero-order chi connectivity index (χ0) is 19.9. The Morgan fingerprint density at radius 1 is 0.964 bits per heavy atom. The summed E-state index contributed by atoms with van der Waals surface area (Å²) in [4.78, 5) is 36.1. The van der Waals surface area contributed by atoms with Crippen molar-refractivity contribution < 1.29 is 19.1 Å². The Balaban J connectivity index is 1.52. The number of hydrogen-bond acceptors (Lipinski definition) is 7. The lowest BCUT2D eigenvalue weighted by atomic mass is 10.2. The standard InChI is InChI=1S/C18H16N6O4/c1-12(16(25)20-21-17(26)13-5-3-2-4-6-13)28-18(27)14-7-9-15(10-8-14)24-11-19-22-23-24/h2-12H,1H3,(H,20,25)(H,21,26)/t12-/m0/s1. The second-order valence-corrected chi connectivity index (χ2v) is 5.66. The fraction of sp³-hybridized carbons (Fsp3) is 0.111. The van der Waals surface area contributed by atoms with Crippen LogP contribution in [0.15, 0.2) is 60.9 Å². The number of benzene rings is 2. The van der Waals surface area contributed by atoms with Crippen molar-refractivity contribution in [1.82, 2.24) is 31.1 Å². The zero-order valence-corrected chi connectivity index (χ0v) is 14.8. The summed E-state index contributed by atoms with van der Waals surface area (Å²) in [6.07, 6.45) is 0.312. The number of nitrogens with one attached hydrogen (secondary N) is 2. The van der Waals surface area contributed by atoms with Gasteiger partial charge in [0.1, 0.15) is 6.33 Å². The molecular weight excluding hydrogens is 364 g/mol. The number of aromatic nitrogens is 4. The second-order valence-electron chi connectivity index (χ2n) is 5.66. The van der Waals surface area contributed by atoms with Gasteiger partial charge in [0.2, 0.25) is 0 Å². The number of tetrazole rings is 1. The van der Waals surface area contributed by atoms with E-state index in [0.29, 0.717) is 11.3 Å². The zero-order valence-electron chi connectivity index (χ0n) is 14.8. The molecule has 0 unspecified atom stereocenters. The van der Waals surface area contributed by atoms with E-state index in [1.807, 2.05) is 0 Å². The normalized spacial score (nSPS) is 11.3. The summed E-state index contributed by atoms with van der Waals surface area (Å²) in [5, 5.41) is 10.8. The number of esters is 1. The van der Waals surface area contributed by atoms with Crippen molar-refractivity contribution >= 4 is 17.8 Å². The molecule has 0 spiro atoms. The van der Waals surface area contributed by atoms with Crippen molar-refractivity contribution in [2.24, 2.45) is 0 Å². The van der Waals surface area contributed by atoms with Crippen molar-refractivity contribution in [2.75, 3.05) is 0 Å². The average molecular weight is 380 g/mol. The fourth-order valence-corrected chi connectivity index (χ4v) is 2.19. The Morgan fingerprint density at radius 3 is 2.32 bits per heavy atom. The first kappa shape index (κ1) is 18.7. The lowest BCUT2D eigenvalue weighted by Gasteiger charge is -2.14. The summed E-state index contributed by atoms with van der Waals surface area (Å²) >= 11 is 0. The molecule has 0 aliphatic rings. The molecule has 0 aliphatic carbocycles. The third kappa shape index (κ3) is 4.55. The number of ether oxygens (including phenoxy) is 1. The van der Waals surface area contributed by atoms with E-state index < -0.39 is 23.9 Å². The molecule has 3 aromatic rings.